The molecule has 4 aromatic carbocycles. The van der Waals surface area contributed by atoms with Crippen molar-refractivity contribution in [1.82, 2.24) is 30.1 Å². The topological polar surface area (TPSA) is 142 Å². The monoisotopic (exact) mass is 978 g/mol. The molecule has 0 aliphatic heterocycles. The number of aromatic nitrogens is 3. The van der Waals surface area contributed by atoms with Gasteiger partial charge >= 0.3 is 0 Å². The van der Waals surface area contributed by atoms with Crippen LogP contribution in [-0.2, 0) is 49.7 Å². The van der Waals surface area contributed by atoms with Gasteiger partial charge in [-0.15, -0.1) is 5.10 Å². The molecule has 14 nitrogen and oxygen atoms in total. The Morgan fingerprint density at radius 2 is 1.37 bits per heavy atom. The minimum atomic E-state index is -2.97. The zero-order valence-electron chi connectivity index (χ0n) is 40.4. The van der Waals surface area contributed by atoms with Crippen LogP contribution in [0.3, 0.4) is 0 Å². The molecule has 1 aromatic heterocycles. The highest BCUT2D eigenvalue weighted by atomic mass is 19.3. The van der Waals surface area contributed by atoms with E-state index in [0.29, 0.717) is 71.6 Å². The summed E-state index contributed by atoms with van der Waals surface area (Å²) >= 11 is 0. The highest BCUT2D eigenvalue weighted by molar-refractivity contribution is 5.89. The number of halogens is 4. The van der Waals surface area contributed by atoms with Crippen LogP contribution in [0.2, 0.25) is 0 Å². The number of alkyl halides is 4. The molecule has 2 N–H and O–H groups in total. The van der Waals surface area contributed by atoms with Crippen molar-refractivity contribution < 1.29 is 50.8 Å². The summed E-state index contributed by atoms with van der Waals surface area (Å²) in [6, 6.07) is 25.7. The summed E-state index contributed by atoms with van der Waals surface area (Å²) in [6.45, 7) is 7.23. The van der Waals surface area contributed by atoms with Crippen LogP contribution in [0.1, 0.15) is 65.2 Å². The standard InChI is InChI=1S/C52H67F4N7O7/c1-39-9-11-41(12-10-39)36-58-52(65)50(42-7-6-8-43(35-42)51(55)56)63(38-48(53)54)49(64)22-15-40-13-18-46(19-14-40)69-27-5-4-24-61(3)25-29-67-32-31-66-28-23-45-37-62(60-59-45)26-30-68-33-34-70-47-20-16-44(57-2)17-21-47/h6-14,16-21,35,37,48,50-51,57H,4-5,15,22-34,36,38H2,1-3H3,(H,58,65). The third kappa shape index (κ3) is 20.1. The van der Waals surface area contributed by atoms with Crippen molar-refractivity contribution in [3.05, 3.63) is 137 Å². The maximum absolute atomic E-state index is 14.0. The Kier molecular flexibility index (Phi) is 23.9. The van der Waals surface area contributed by atoms with Gasteiger partial charge in [0.05, 0.1) is 65.0 Å². The van der Waals surface area contributed by atoms with E-state index in [1.165, 1.54) is 18.2 Å². The number of hydrogen-bond donors (Lipinski definition) is 2. The first kappa shape index (κ1) is 54.9. The molecule has 380 valence electrons. The largest absolute Gasteiger partial charge is 0.494 e. The first-order valence-electron chi connectivity index (χ1n) is 23.7. The molecule has 1 atom stereocenters. The Hall–Kier alpha value is -6.08. The molecule has 0 bridgehead atoms. The predicted octanol–water partition coefficient (Wildman–Crippen LogP) is 8.11. The van der Waals surface area contributed by atoms with Crippen molar-refractivity contribution in [3.8, 4) is 11.5 Å². The molecule has 0 spiro atoms. The minimum Gasteiger partial charge on any atom is -0.494 e. The number of carbonyl (C=O) groups excluding carboxylic acids is 2. The van der Waals surface area contributed by atoms with Crippen LogP contribution < -0.4 is 20.1 Å². The summed E-state index contributed by atoms with van der Waals surface area (Å²) < 4.78 is 86.0. The summed E-state index contributed by atoms with van der Waals surface area (Å²) in [7, 11) is 3.92. The maximum Gasteiger partial charge on any atom is 0.263 e. The molecule has 1 heterocycles. The SMILES string of the molecule is CNc1ccc(OCCOCCn2cc(CCOCCOCCN(C)CCCCOc3ccc(CCC(=O)N(CC(F)F)C(C(=O)NCc4ccc(C)cc4)c4cccc(C(F)F)c4)cc3)nn2)cc1. The van der Waals surface area contributed by atoms with Gasteiger partial charge in [-0.1, -0.05) is 65.4 Å². The van der Waals surface area contributed by atoms with E-state index < -0.39 is 37.3 Å². The zero-order valence-corrected chi connectivity index (χ0v) is 40.4. The van der Waals surface area contributed by atoms with Gasteiger partial charge in [0.1, 0.15) is 24.1 Å². The van der Waals surface area contributed by atoms with Crippen molar-refractivity contribution >= 4 is 17.5 Å². The summed E-state index contributed by atoms with van der Waals surface area (Å²) in [5.41, 5.74) is 4.04. The second-order valence-electron chi connectivity index (χ2n) is 16.7. The number of carbonyl (C=O) groups is 2. The van der Waals surface area contributed by atoms with Gasteiger partial charge < -0.3 is 44.1 Å². The molecule has 0 saturated carbocycles. The Morgan fingerprint density at radius 3 is 2.09 bits per heavy atom. The van der Waals surface area contributed by atoms with Crippen molar-refractivity contribution in [2.45, 2.75) is 71.0 Å². The number of aryl methyl sites for hydroxylation is 2. The first-order valence-corrected chi connectivity index (χ1v) is 23.7. The zero-order chi connectivity index (χ0) is 49.9. The van der Waals surface area contributed by atoms with E-state index in [-0.39, 0.29) is 30.5 Å². The van der Waals surface area contributed by atoms with Crippen LogP contribution in [0.4, 0.5) is 23.2 Å². The summed E-state index contributed by atoms with van der Waals surface area (Å²) in [4.78, 5) is 30.3. The fraction of sp³-hybridized carbons (Fsp3) is 0.462. The Balaban J connectivity index is 0.913. The van der Waals surface area contributed by atoms with Crippen LogP contribution in [0, 0.1) is 6.92 Å². The lowest BCUT2D eigenvalue weighted by atomic mass is 10.00. The van der Waals surface area contributed by atoms with Gasteiger partial charge in [0.15, 0.2) is 0 Å². The average molecular weight is 978 g/mol. The van der Waals surface area contributed by atoms with E-state index in [2.05, 4.69) is 25.8 Å². The summed E-state index contributed by atoms with van der Waals surface area (Å²) in [5.74, 6) is -0.00769. The quantitative estimate of drug-likeness (QED) is 0.0305. The lowest BCUT2D eigenvalue weighted by molar-refractivity contribution is -0.143. The van der Waals surface area contributed by atoms with E-state index >= 15 is 0 Å². The van der Waals surface area contributed by atoms with Crippen molar-refractivity contribution in [2.24, 2.45) is 0 Å². The van der Waals surface area contributed by atoms with E-state index in [0.717, 1.165) is 70.7 Å². The number of ether oxygens (including phenoxy) is 5. The molecule has 70 heavy (non-hydrogen) atoms. The van der Waals surface area contributed by atoms with Crippen LogP contribution in [0.25, 0.3) is 0 Å². The molecule has 5 aromatic rings. The van der Waals surface area contributed by atoms with Crippen LogP contribution in [0.5, 0.6) is 11.5 Å². The van der Waals surface area contributed by atoms with E-state index in [1.54, 1.807) is 28.9 Å². The molecule has 2 amide bonds. The number of rotatable bonds is 34. The second kappa shape index (κ2) is 30.5. The normalized spacial score (nSPS) is 11.9. The predicted molar refractivity (Wildman–Crippen MR) is 260 cm³/mol. The number of hydrogen-bond acceptors (Lipinski definition) is 11. The first-order chi connectivity index (χ1) is 34.0. The number of unbranched alkanes of at least 4 members (excludes halogenated alkanes) is 1. The minimum absolute atomic E-state index is 0.0179. The lowest BCUT2D eigenvalue weighted by Crippen LogP contribution is -2.45. The van der Waals surface area contributed by atoms with Gasteiger partial charge in [0.2, 0.25) is 11.8 Å². The van der Waals surface area contributed by atoms with Gasteiger partial charge in [0.25, 0.3) is 12.9 Å². The molecule has 0 saturated heterocycles. The highest BCUT2D eigenvalue weighted by Gasteiger charge is 2.33. The van der Waals surface area contributed by atoms with Gasteiger partial charge in [-0.25, -0.2) is 22.2 Å². The van der Waals surface area contributed by atoms with E-state index in [1.807, 2.05) is 75.7 Å². The number of nitrogens with zero attached hydrogens (tertiary/aromatic N) is 5. The number of anilines is 1. The Labute approximate surface area is 408 Å². The molecule has 5 rings (SSSR count). The van der Waals surface area contributed by atoms with Gasteiger partial charge in [-0.05, 0) is 98.9 Å². The van der Waals surface area contributed by atoms with Crippen molar-refractivity contribution in [1.29, 1.82) is 0 Å². The number of amides is 2. The highest BCUT2D eigenvalue weighted by Crippen LogP contribution is 2.28. The average Bonchev–Trinajstić information content (AvgIpc) is 3.82. The van der Waals surface area contributed by atoms with Crippen molar-refractivity contribution in [3.63, 3.8) is 0 Å². The molecule has 0 radical (unpaired) electrons. The molecule has 0 fully saturated rings. The van der Waals surface area contributed by atoms with Crippen molar-refractivity contribution in [2.75, 3.05) is 91.9 Å². The molecule has 1 unspecified atom stereocenters. The Morgan fingerprint density at radius 1 is 0.714 bits per heavy atom. The van der Waals surface area contributed by atoms with Gasteiger partial charge in [0, 0.05) is 50.4 Å². The Bertz CT molecular complexity index is 2250. The third-order valence-corrected chi connectivity index (χ3v) is 11.2. The summed E-state index contributed by atoms with van der Waals surface area (Å²) in [6.07, 6.45) is -1.51. The smallest absolute Gasteiger partial charge is 0.263 e. The van der Waals surface area contributed by atoms with Crippen LogP contribution in [-0.4, -0.2) is 130 Å². The molecular formula is C52H67F4N7O7. The van der Waals surface area contributed by atoms with E-state index in [4.69, 9.17) is 23.7 Å². The van der Waals surface area contributed by atoms with Crippen LogP contribution >= 0.6 is 0 Å². The molecule has 0 aliphatic rings. The van der Waals surface area contributed by atoms with Gasteiger partial charge in [-0.2, -0.15) is 0 Å². The molecular weight excluding hydrogens is 911 g/mol. The number of likely N-dealkylation sites (N-methyl/N-ethyl adjacent to an activating group) is 1. The maximum atomic E-state index is 14.0. The van der Waals surface area contributed by atoms with Gasteiger partial charge in [-0.3, -0.25) is 9.59 Å². The van der Waals surface area contributed by atoms with Crippen LogP contribution in [0.15, 0.2) is 103 Å². The number of nitrogens with one attached hydrogen (secondary N) is 2. The fourth-order valence-electron chi connectivity index (χ4n) is 7.24. The summed E-state index contributed by atoms with van der Waals surface area (Å²) in [5, 5.41) is 14.2. The second-order valence-corrected chi connectivity index (χ2v) is 16.7. The molecule has 0 aliphatic carbocycles. The molecule has 18 heteroatoms. The third-order valence-electron chi connectivity index (χ3n) is 11.2. The fourth-order valence-corrected chi connectivity index (χ4v) is 7.24. The van der Waals surface area contributed by atoms with E-state index in [9.17, 15) is 27.2 Å². The number of benzene rings is 4. The lowest BCUT2D eigenvalue weighted by Gasteiger charge is -2.31.